The number of hydrogen-bond donors (Lipinski definition) is 1. The fourth-order valence-corrected chi connectivity index (χ4v) is 4.59. The van der Waals surface area contributed by atoms with Gasteiger partial charge in [-0.15, -0.1) is 11.3 Å². The Kier molecular flexibility index (Phi) is 6.05. The second kappa shape index (κ2) is 8.78. The smallest absolute Gasteiger partial charge is 0.332 e. The number of imidazole rings is 1. The van der Waals surface area contributed by atoms with Crippen molar-refractivity contribution in [3.8, 4) is 5.88 Å². The standard InChI is InChI=1S/C22H27N5O4S/c1-4-6-10-24-17-16(20(30)25(22(24)31)11-7-5-2)27-19(29)14(3)18(28)26(21(27)23-17)13-15-9-8-12-32-15/h8-9,12,29H,4-7,10-11,13H2,1-3H3. The van der Waals surface area contributed by atoms with Crippen LogP contribution in [0.15, 0.2) is 31.9 Å². The van der Waals surface area contributed by atoms with Crippen LogP contribution >= 0.6 is 11.3 Å². The SMILES string of the molecule is CCCCn1c(=O)c2c(nc3n(Cc4cccs4)c(=O)c(C)c(O)n23)n(CCCC)c1=O. The molecule has 4 aromatic rings. The highest BCUT2D eigenvalue weighted by atomic mass is 32.1. The Morgan fingerprint density at radius 1 is 1.00 bits per heavy atom. The first kappa shape index (κ1) is 22.1. The van der Waals surface area contributed by atoms with Crippen LogP contribution in [0.4, 0.5) is 0 Å². The fraction of sp³-hybridized carbons (Fsp3) is 0.455. The highest BCUT2D eigenvalue weighted by molar-refractivity contribution is 7.09. The molecule has 1 N–H and O–H groups in total. The molecule has 10 heteroatoms. The molecule has 0 saturated carbocycles. The number of fused-ring (bicyclic) bond motifs is 3. The lowest BCUT2D eigenvalue weighted by atomic mass is 10.3. The Morgan fingerprint density at radius 3 is 2.31 bits per heavy atom. The summed E-state index contributed by atoms with van der Waals surface area (Å²) in [5.74, 6) is -0.175. The quantitative estimate of drug-likeness (QED) is 0.438. The van der Waals surface area contributed by atoms with Crippen molar-refractivity contribution < 1.29 is 5.11 Å². The van der Waals surface area contributed by atoms with Gasteiger partial charge in [-0.2, -0.15) is 4.98 Å². The first-order valence-corrected chi connectivity index (χ1v) is 11.8. The summed E-state index contributed by atoms with van der Waals surface area (Å²) in [5.41, 5.74) is -0.855. The molecule has 4 rings (SSSR count). The summed E-state index contributed by atoms with van der Waals surface area (Å²) in [6, 6.07) is 3.81. The predicted octanol–water partition coefficient (Wildman–Crippen LogP) is 2.70. The number of thiophene rings is 1. The van der Waals surface area contributed by atoms with Gasteiger partial charge in [-0.3, -0.25) is 23.3 Å². The fourth-order valence-electron chi connectivity index (χ4n) is 3.90. The zero-order valence-electron chi connectivity index (χ0n) is 18.5. The molecule has 0 atom stereocenters. The zero-order valence-corrected chi connectivity index (χ0v) is 19.3. The molecule has 0 amide bonds. The molecule has 0 aromatic carbocycles. The minimum atomic E-state index is -0.505. The topological polar surface area (TPSA) is 104 Å². The van der Waals surface area contributed by atoms with Gasteiger partial charge in [-0.1, -0.05) is 32.8 Å². The van der Waals surface area contributed by atoms with Crippen LogP contribution in [0.1, 0.15) is 50.0 Å². The Balaban J connectivity index is 2.14. The summed E-state index contributed by atoms with van der Waals surface area (Å²) in [6.45, 7) is 6.48. The maximum atomic E-state index is 13.4. The lowest BCUT2D eigenvalue weighted by Crippen LogP contribution is -2.40. The van der Waals surface area contributed by atoms with Crippen molar-refractivity contribution in [2.24, 2.45) is 0 Å². The third-order valence-corrected chi connectivity index (χ3v) is 6.59. The maximum Gasteiger partial charge on any atom is 0.332 e. The first-order valence-electron chi connectivity index (χ1n) is 10.9. The van der Waals surface area contributed by atoms with Gasteiger partial charge in [0.2, 0.25) is 11.7 Å². The van der Waals surface area contributed by atoms with E-state index in [-0.39, 0.29) is 47.0 Å². The van der Waals surface area contributed by atoms with Crippen molar-refractivity contribution in [1.29, 1.82) is 0 Å². The summed E-state index contributed by atoms with van der Waals surface area (Å²) in [5, 5.41) is 12.8. The molecule has 0 fully saturated rings. The molecule has 0 aliphatic heterocycles. The Hall–Kier alpha value is -3.14. The number of aromatic hydroxyl groups is 1. The molecule has 32 heavy (non-hydrogen) atoms. The van der Waals surface area contributed by atoms with E-state index in [1.807, 2.05) is 31.4 Å². The van der Waals surface area contributed by atoms with Crippen molar-refractivity contribution in [1.82, 2.24) is 23.1 Å². The van der Waals surface area contributed by atoms with E-state index in [4.69, 9.17) is 0 Å². The Labute approximate surface area is 187 Å². The molecule has 0 spiro atoms. The number of hydrogen-bond acceptors (Lipinski definition) is 6. The summed E-state index contributed by atoms with van der Waals surface area (Å²) in [7, 11) is 0. The molecular formula is C22H27N5O4S. The Bertz CT molecular complexity index is 1460. The van der Waals surface area contributed by atoms with Gasteiger partial charge >= 0.3 is 5.69 Å². The van der Waals surface area contributed by atoms with Gasteiger partial charge in [0.05, 0.1) is 12.1 Å². The summed E-state index contributed by atoms with van der Waals surface area (Å²) in [4.78, 5) is 45.2. The number of nitrogens with zero attached hydrogens (tertiary/aromatic N) is 5. The van der Waals surface area contributed by atoms with Crippen LogP contribution < -0.4 is 16.8 Å². The average molecular weight is 458 g/mol. The highest BCUT2D eigenvalue weighted by Gasteiger charge is 2.24. The van der Waals surface area contributed by atoms with E-state index in [9.17, 15) is 19.5 Å². The molecule has 9 nitrogen and oxygen atoms in total. The molecule has 170 valence electrons. The molecule has 4 heterocycles. The van der Waals surface area contributed by atoms with Gasteiger partial charge in [0, 0.05) is 18.0 Å². The second-order valence-electron chi connectivity index (χ2n) is 7.94. The van der Waals surface area contributed by atoms with Crippen molar-refractivity contribution in [3.63, 3.8) is 0 Å². The van der Waals surface area contributed by atoms with Gasteiger partial charge < -0.3 is 5.11 Å². The van der Waals surface area contributed by atoms with Gasteiger partial charge in [0.25, 0.3) is 11.1 Å². The van der Waals surface area contributed by atoms with Crippen LogP contribution in [-0.2, 0) is 19.6 Å². The summed E-state index contributed by atoms with van der Waals surface area (Å²) in [6.07, 6.45) is 3.11. The van der Waals surface area contributed by atoms with E-state index in [0.29, 0.717) is 13.0 Å². The van der Waals surface area contributed by atoms with E-state index < -0.39 is 11.2 Å². The Morgan fingerprint density at radius 2 is 1.69 bits per heavy atom. The summed E-state index contributed by atoms with van der Waals surface area (Å²) < 4.78 is 5.49. The van der Waals surface area contributed by atoms with Crippen LogP contribution in [-0.4, -0.2) is 28.2 Å². The van der Waals surface area contributed by atoms with Crippen molar-refractivity contribution in [2.75, 3.05) is 0 Å². The van der Waals surface area contributed by atoms with E-state index in [1.54, 1.807) is 0 Å². The van der Waals surface area contributed by atoms with Crippen molar-refractivity contribution in [2.45, 2.75) is 66.1 Å². The molecule has 0 saturated heterocycles. The largest absolute Gasteiger partial charge is 0.494 e. The monoisotopic (exact) mass is 457 g/mol. The van der Waals surface area contributed by atoms with Crippen molar-refractivity contribution in [3.05, 3.63) is 59.1 Å². The number of aryl methyl sites for hydroxylation is 1. The minimum absolute atomic E-state index is 0.118. The predicted molar refractivity (Wildman–Crippen MR) is 125 cm³/mol. The third-order valence-electron chi connectivity index (χ3n) is 5.73. The minimum Gasteiger partial charge on any atom is -0.494 e. The van der Waals surface area contributed by atoms with Crippen LogP contribution in [0.2, 0.25) is 0 Å². The lowest BCUT2D eigenvalue weighted by Gasteiger charge is -2.12. The number of rotatable bonds is 8. The highest BCUT2D eigenvalue weighted by Crippen LogP contribution is 2.22. The van der Waals surface area contributed by atoms with E-state index >= 15 is 0 Å². The number of aromatic nitrogens is 5. The molecule has 0 aliphatic rings. The molecule has 4 aromatic heterocycles. The van der Waals surface area contributed by atoms with Crippen LogP contribution in [0.25, 0.3) is 16.9 Å². The number of unbranched alkanes of at least 4 members (excludes halogenated alkanes) is 2. The van der Waals surface area contributed by atoms with Gasteiger partial charge in [0.1, 0.15) is 0 Å². The van der Waals surface area contributed by atoms with Gasteiger partial charge in [-0.25, -0.2) is 9.20 Å². The van der Waals surface area contributed by atoms with Crippen LogP contribution in [0, 0.1) is 6.92 Å². The second-order valence-corrected chi connectivity index (χ2v) is 8.97. The van der Waals surface area contributed by atoms with Crippen LogP contribution in [0.3, 0.4) is 0 Å². The van der Waals surface area contributed by atoms with E-state index in [0.717, 1.165) is 24.1 Å². The maximum absolute atomic E-state index is 13.4. The van der Waals surface area contributed by atoms with Gasteiger partial charge in [-0.05, 0) is 31.2 Å². The molecule has 0 radical (unpaired) electrons. The molecule has 0 unspecified atom stereocenters. The molecular weight excluding hydrogens is 430 g/mol. The van der Waals surface area contributed by atoms with Crippen LogP contribution in [0.5, 0.6) is 5.88 Å². The molecule has 0 bridgehead atoms. The molecule has 0 aliphatic carbocycles. The normalized spacial score (nSPS) is 11.7. The average Bonchev–Trinajstić information content (AvgIpc) is 3.43. The van der Waals surface area contributed by atoms with Crippen molar-refractivity contribution >= 4 is 28.3 Å². The third kappa shape index (κ3) is 3.48. The van der Waals surface area contributed by atoms with E-state index in [1.165, 1.54) is 36.4 Å². The zero-order chi connectivity index (χ0) is 23.0. The summed E-state index contributed by atoms with van der Waals surface area (Å²) >= 11 is 1.50. The van der Waals surface area contributed by atoms with Gasteiger partial charge in [0.15, 0.2) is 11.2 Å². The first-order chi connectivity index (χ1) is 15.4. The van der Waals surface area contributed by atoms with E-state index in [2.05, 4.69) is 4.98 Å². The lowest BCUT2D eigenvalue weighted by molar-refractivity contribution is 0.437.